The van der Waals surface area contributed by atoms with E-state index in [1.54, 1.807) is 0 Å². The highest BCUT2D eigenvalue weighted by atomic mass is 35.5. The fraction of sp³-hybridized carbons (Fsp3) is 0.462. The smallest absolute Gasteiger partial charge is 0.306 e. The summed E-state index contributed by atoms with van der Waals surface area (Å²) in [5, 5.41) is 9.67. The molecule has 0 atom stereocenters. The van der Waals surface area contributed by atoms with Crippen LogP contribution in [0.1, 0.15) is 37.2 Å². The zero-order valence-corrected chi connectivity index (χ0v) is 9.78. The van der Waals surface area contributed by atoms with Gasteiger partial charge in [-0.25, -0.2) is 0 Å². The summed E-state index contributed by atoms with van der Waals surface area (Å²) >= 11 is 5.84. The SMILES string of the molecule is O=C(O)C1CCC(c2ccc(Cl)cc2)CC1. The Morgan fingerprint density at radius 1 is 1.12 bits per heavy atom. The predicted octanol–water partition coefficient (Wildman–Crippen LogP) is 3.70. The molecule has 1 aliphatic rings. The second-order valence-corrected chi connectivity index (χ2v) is 4.87. The summed E-state index contributed by atoms with van der Waals surface area (Å²) in [6.45, 7) is 0. The molecule has 0 heterocycles. The number of carboxylic acids is 1. The molecule has 1 saturated carbocycles. The average molecular weight is 239 g/mol. The molecule has 1 aromatic rings. The Balaban J connectivity index is 1.99. The molecular weight excluding hydrogens is 224 g/mol. The van der Waals surface area contributed by atoms with Crippen molar-refractivity contribution in [3.8, 4) is 0 Å². The van der Waals surface area contributed by atoms with Crippen molar-refractivity contribution in [2.45, 2.75) is 31.6 Å². The van der Waals surface area contributed by atoms with Gasteiger partial charge in [0.1, 0.15) is 0 Å². The van der Waals surface area contributed by atoms with Crippen LogP contribution < -0.4 is 0 Å². The maximum Gasteiger partial charge on any atom is 0.306 e. The van der Waals surface area contributed by atoms with Crippen LogP contribution in [0, 0.1) is 5.92 Å². The molecule has 1 fully saturated rings. The van der Waals surface area contributed by atoms with Crippen LogP contribution in [0.3, 0.4) is 0 Å². The average Bonchev–Trinajstić information content (AvgIpc) is 2.30. The van der Waals surface area contributed by atoms with Crippen molar-refractivity contribution in [3.05, 3.63) is 34.9 Å². The fourth-order valence-electron chi connectivity index (χ4n) is 2.41. The van der Waals surface area contributed by atoms with Crippen LogP contribution in [0.2, 0.25) is 5.02 Å². The van der Waals surface area contributed by atoms with E-state index in [2.05, 4.69) is 0 Å². The molecule has 1 aromatic carbocycles. The quantitative estimate of drug-likeness (QED) is 0.853. The molecule has 16 heavy (non-hydrogen) atoms. The zero-order valence-electron chi connectivity index (χ0n) is 9.03. The summed E-state index contributed by atoms with van der Waals surface area (Å²) in [6.07, 6.45) is 3.53. The van der Waals surface area contributed by atoms with Crippen LogP contribution in [-0.4, -0.2) is 11.1 Å². The Labute approximate surface area is 100 Å². The summed E-state index contributed by atoms with van der Waals surface area (Å²) in [5.41, 5.74) is 1.29. The number of halogens is 1. The first-order valence-corrected chi connectivity index (χ1v) is 6.03. The minimum absolute atomic E-state index is 0.136. The predicted molar refractivity (Wildman–Crippen MR) is 63.8 cm³/mol. The molecule has 86 valence electrons. The van der Waals surface area contributed by atoms with Gasteiger partial charge in [-0.3, -0.25) is 4.79 Å². The summed E-state index contributed by atoms with van der Waals surface area (Å²) < 4.78 is 0. The topological polar surface area (TPSA) is 37.3 Å². The van der Waals surface area contributed by atoms with Gasteiger partial charge < -0.3 is 5.11 Å². The highest BCUT2D eigenvalue weighted by Gasteiger charge is 2.26. The van der Waals surface area contributed by atoms with E-state index >= 15 is 0 Å². The van der Waals surface area contributed by atoms with Crippen molar-refractivity contribution < 1.29 is 9.90 Å². The standard InChI is InChI=1S/C13H15ClO2/c14-12-7-5-10(6-8-12)9-1-3-11(4-2-9)13(15)16/h5-9,11H,1-4H2,(H,15,16). The van der Waals surface area contributed by atoms with Crippen molar-refractivity contribution in [1.82, 2.24) is 0 Å². The second-order valence-electron chi connectivity index (χ2n) is 4.44. The Hall–Kier alpha value is -1.02. The lowest BCUT2D eigenvalue weighted by Gasteiger charge is -2.26. The molecule has 2 rings (SSSR count). The van der Waals surface area contributed by atoms with Crippen LogP contribution in [0.25, 0.3) is 0 Å². The Morgan fingerprint density at radius 3 is 2.19 bits per heavy atom. The fourth-order valence-corrected chi connectivity index (χ4v) is 2.53. The van der Waals surface area contributed by atoms with E-state index in [-0.39, 0.29) is 5.92 Å². The third kappa shape index (κ3) is 2.56. The normalized spacial score (nSPS) is 25.3. The summed E-state index contributed by atoms with van der Waals surface area (Å²) in [7, 11) is 0. The lowest BCUT2D eigenvalue weighted by atomic mass is 9.79. The van der Waals surface area contributed by atoms with Crippen LogP contribution in [0.5, 0.6) is 0 Å². The van der Waals surface area contributed by atoms with Crippen molar-refractivity contribution in [3.63, 3.8) is 0 Å². The first-order valence-electron chi connectivity index (χ1n) is 5.65. The third-order valence-corrected chi connectivity index (χ3v) is 3.67. The minimum atomic E-state index is -0.644. The van der Waals surface area contributed by atoms with Gasteiger partial charge in [-0.15, -0.1) is 0 Å². The molecule has 0 aromatic heterocycles. The van der Waals surface area contributed by atoms with Gasteiger partial charge in [0.2, 0.25) is 0 Å². The van der Waals surface area contributed by atoms with E-state index < -0.39 is 5.97 Å². The van der Waals surface area contributed by atoms with Crippen molar-refractivity contribution in [2.24, 2.45) is 5.92 Å². The lowest BCUT2D eigenvalue weighted by Crippen LogP contribution is -2.20. The first-order chi connectivity index (χ1) is 7.66. The number of aliphatic carboxylic acids is 1. The molecule has 0 bridgehead atoms. The third-order valence-electron chi connectivity index (χ3n) is 3.42. The molecule has 0 saturated heterocycles. The molecule has 0 amide bonds. The Bertz CT molecular complexity index is 364. The van der Waals surface area contributed by atoms with Gasteiger partial charge in [0.25, 0.3) is 0 Å². The number of benzene rings is 1. The molecule has 1 N–H and O–H groups in total. The van der Waals surface area contributed by atoms with E-state index in [4.69, 9.17) is 16.7 Å². The van der Waals surface area contributed by atoms with E-state index in [1.807, 2.05) is 24.3 Å². The number of hydrogen-bond donors (Lipinski definition) is 1. The van der Waals surface area contributed by atoms with Crippen LogP contribution in [-0.2, 0) is 4.79 Å². The van der Waals surface area contributed by atoms with Gasteiger partial charge in [0, 0.05) is 5.02 Å². The Kier molecular flexibility index (Phi) is 3.49. The van der Waals surface area contributed by atoms with Crippen LogP contribution in [0.4, 0.5) is 0 Å². The molecule has 2 nitrogen and oxygen atoms in total. The summed E-state index contributed by atoms with van der Waals surface area (Å²) in [4.78, 5) is 10.8. The van der Waals surface area contributed by atoms with Gasteiger partial charge in [-0.1, -0.05) is 23.7 Å². The maximum atomic E-state index is 10.8. The van der Waals surface area contributed by atoms with Crippen LogP contribution >= 0.6 is 11.6 Å². The van der Waals surface area contributed by atoms with Crippen molar-refractivity contribution in [1.29, 1.82) is 0 Å². The van der Waals surface area contributed by atoms with Crippen molar-refractivity contribution in [2.75, 3.05) is 0 Å². The summed E-state index contributed by atoms with van der Waals surface area (Å²) in [6, 6.07) is 7.91. The minimum Gasteiger partial charge on any atom is -0.481 e. The molecule has 0 spiro atoms. The van der Waals surface area contributed by atoms with Crippen molar-refractivity contribution >= 4 is 17.6 Å². The van der Waals surface area contributed by atoms with Gasteiger partial charge >= 0.3 is 5.97 Å². The highest BCUT2D eigenvalue weighted by molar-refractivity contribution is 6.30. The number of rotatable bonds is 2. The monoisotopic (exact) mass is 238 g/mol. The van der Waals surface area contributed by atoms with E-state index in [9.17, 15) is 4.79 Å². The molecule has 0 radical (unpaired) electrons. The first kappa shape index (κ1) is 11.5. The highest BCUT2D eigenvalue weighted by Crippen LogP contribution is 2.36. The number of carboxylic acid groups (broad SMARTS) is 1. The molecule has 1 aliphatic carbocycles. The number of carbonyl (C=O) groups is 1. The van der Waals surface area contributed by atoms with Crippen LogP contribution in [0.15, 0.2) is 24.3 Å². The van der Waals surface area contributed by atoms with Gasteiger partial charge in [-0.2, -0.15) is 0 Å². The lowest BCUT2D eigenvalue weighted by molar-refractivity contribution is -0.142. The summed E-state index contributed by atoms with van der Waals surface area (Å²) in [5.74, 6) is -0.272. The molecule has 0 aliphatic heterocycles. The molecular formula is C13H15ClO2. The van der Waals surface area contributed by atoms with Gasteiger partial charge in [0.15, 0.2) is 0 Å². The van der Waals surface area contributed by atoms with Gasteiger partial charge in [-0.05, 0) is 49.3 Å². The largest absolute Gasteiger partial charge is 0.481 e. The maximum absolute atomic E-state index is 10.8. The molecule has 3 heteroatoms. The van der Waals surface area contributed by atoms with E-state index in [0.29, 0.717) is 5.92 Å². The van der Waals surface area contributed by atoms with E-state index in [0.717, 1.165) is 30.7 Å². The zero-order chi connectivity index (χ0) is 11.5. The number of hydrogen-bond acceptors (Lipinski definition) is 1. The Morgan fingerprint density at radius 2 is 1.69 bits per heavy atom. The van der Waals surface area contributed by atoms with E-state index in [1.165, 1.54) is 5.56 Å². The molecule has 0 unspecified atom stereocenters. The second kappa shape index (κ2) is 4.88. The van der Waals surface area contributed by atoms with Gasteiger partial charge in [0.05, 0.1) is 5.92 Å².